The average molecular weight is 511 g/mol. The summed E-state index contributed by atoms with van der Waals surface area (Å²) in [6.07, 6.45) is 1.43. The molecule has 0 saturated carbocycles. The smallest absolute Gasteiger partial charge is 0.0734 e. The van der Waals surface area contributed by atoms with E-state index in [0.29, 0.717) is 0 Å². The van der Waals surface area contributed by atoms with Crippen LogP contribution in [0.4, 0.5) is 0 Å². The lowest BCUT2D eigenvalue weighted by atomic mass is 9.67. The summed E-state index contributed by atoms with van der Waals surface area (Å²) in [4.78, 5) is 0. The second-order valence-corrected chi connectivity index (χ2v) is 10.5. The van der Waals surface area contributed by atoms with Crippen LogP contribution < -0.4 is 0 Å². The third-order valence-electron chi connectivity index (χ3n) is 8.54. The van der Waals surface area contributed by atoms with Crippen molar-refractivity contribution in [3.63, 3.8) is 0 Å². The molecule has 0 fully saturated rings. The lowest BCUT2D eigenvalue weighted by Gasteiger charge is -2.34. The number of para-hydroxylation sites is 1. The largest absolute Gasteiger partial charge is 0.309 e. The first-order valence-electron chi connectivity index (χ1n) is 13.7. The molecule has 1 aromatic heterocycles. The van der Waals surface area contributed by atoms with Gasteiger partial charge in [0.25, 0.3) is 0 Å². The molecule has 2 heteroatoms. The molecule has 6 aromatic carbocycles. The van der Waals surface area contributed by atoms with Gasteiger partial charge in [0.1, 0.15) is 0 Å². The Bertz CT molecular complexity index is 2030. The molecular formula is C38H26N2. The highest BCUT2D eigenvalue weighted by atomic mass is 15.0. The maximum absolute atomic E-state index is 7.96. The average Bonchev–Trinajstić information content (AvgIpc) is 3.53. The summed E-state index contributed by atoms with van der Waals surface area (Å²) in [6.45, 7) is 0. The summed E-state index contributed by atoms with van der Waals surface area (Å²) in [5.41, 5.74) is 11.5. The van der Waals surface area contributed by atoms with Crippen LogP contribution in [0.3, 0.4) is 0 Å². The lowest BCUT2D eigenvalue weighted by Crippen LogP contribution is -2.29. The molecule has 0 atom stereocenters. The fraction of sp³-hybridized carbons (Fsp3) is 0.0263. The van der Waals surface area contributed by atoms with Crippen LogP contribution in [0.2, 0.25) is 0 Å². The monoisotopic (exact) mass is 510 g/mol. The predicted molar refractivity (Wildman–Crippen MR) is 166 cm³/mol. The van der Waals surface area contributed by atoms with Crippen molar-refractivity contribution in [3.05, 3.63) is 173 Å². The Kier molecular flexibility index (Phi) is 4.92. The van der Waals surface area contributed by atoms with E-state index >= 15 is 0 Å². The van der Waals surface area contributed by atoms with Crippen molar-refractivity contribution in [2.75, 3.05) is 0 Å². The van der Waals surface area contributed by atoms with Crippen molar-refractivity contribution in [1.82, 2.24) is 4.57 Å². The molecule has 1 aliphatic carbocycles. The lowest BCUT2D eigenvalue weighted by molar-refractivity contribution is 0.772. The summed E-state index contributed by atoms with van der Waals surface area (Å²) in [5, 5.41) is 10.4. The molecule has 0 spiro atoms. The Hall–Kier alpha value is -5.21. The SMILES string of the molecule is N=Cc1cccc(-n2c3ccccc3c3ccc4c(c32)C(c2ccccc2)(c2ccccc2)c2ccccc2-4)c1. The quantitative estimate of drug-likeness (QED) is 0.229. The van der Waals surface area contributed by atoms with Crippen LogP contribution in [0.5, 0.6) is 0 Å². The van der Waals surface area contributed by atoms with Crippen LogP contribution in [0.1, 0.15) is 27.8 Å². The normalized spacial score (nSPS) is 13.3. The van der Waals surface area contributed by atoms with Crippen molar-refractivity contribution >= 4 is 28.0 Å². The molecule has 8 rings (SSSR count). The van der Waals surface area contributed by atoms with Crippen molar-refractivity contribution in [3.8, 4) is 16.8 Å². The number of hydrogen-bond acceptors (Lipinski definition) is 1. The van der Waals surface area contributed by atoms with Gasteiger partial charge >= 0.3 is 0 Å². The Labute approximate surface area is 233 Å². The van der Waals surface area contributed by atoms with E-state index in [2.05, 4.69) is 144 Å². The van der Waals surface area contributed by atoms with E-state index < -0.39 is 5.41 Å². The van der Waals surface area contributed by atoms with Crippen LogP contribution >= 0.6 is 0 Å². The molecule has 7 aromatic rings. The predicted octanol–water partition coefficient (Wildman–Crippen LogP) is 9.14. The third-order valence-corrected chi connectivity index (χ3v) is 8.54. The van der Waals surface area contributed by atoms with Gasteiger partial charge in [-0.05, 0) is 51.6 Å². The van der Waals surface area contributed by atoms with E-state index in [4.69, 9.17) is 5.41 Å². The summed E-state index contributed by atoms with van der Waals surface area (Å²) < 4.78 is 2.42. The van der Waals surface area contributed by atoms with Gasteiger partial charge < -0.3 is 9.98 Å². The number of hydrogen-bond donors (Lipinski definition) is 1. The van der Waals surface area contributed by atoms with Crippen molar-refractivity contribution in [2.24, 2.45) is 0 Å². The second kappa shape index (κ2) is 8.65. The highest BCUT2D eigenvalue weighted by Crippen LogP contribution is 2.58. The van der Waals surface area contributed by atoms with E-state index in [9.17, 15) is 0 Å². The fourth-order valence-corrected chi connectivity index (χ4v) is 7.01. The number of aromatic nitrogens is 1. The van der Waals surface area contributed by atoms with E-state index in [1.807, 2.05) is 6.07 Å². The van der Waals surface area contributed by atoms with Gasteiger partial charge in [-0.25, -0.2) is 0 Å². The molecule has 40 heavy (non-hydrogen) atoms. The van der Waals surface area contributed by atoms with Gasteiger partial charge in [-0.3, -0.25) is 0 Å². The Morgan fingerprint density at radius 2 is 1.23 bits per heavy atom. The van der Waals surface area contributed by atoms with Gasteiger partial charge in [0.05, 0.1) is 16.4 Å². The first-order chi connectivity index (χ1) is 19.8. The van der Waals surface area contributed by atoms with E-state index in [-0.39, 0.29) is 0 Å². The number of fused-ring (bicyclic) bond motifs is 7. The molecule has 0 amide bonds. The van der Waals surface area contributed by atoms with Gasteiger partial charge in [0.2, 0.25) is 0 Å². The van der Waals surface area contributed by atoms with Crippen molar-refractivity contribution in [1.29, 1.82) is 5.41 Å². The fourth-order valence-electron chi connectivity index (χ4n) is 7.01. The molecule has 0 saturated heterocycles. The maximum atomic E-state index is 7.96. The molecule has 0 unspecified atom stereocenters. The first-order valence-corrected chi connectivity index (χ1v) is 13.7. The van der Waals surface area contributed by atoms with E-state index in [1.165, 1.54) is 61.4 Å². The molecule has 0 radical (unpaired) electrons. The van der Waals surface area contributed by atoms with Gasteiger partial charge in [-0.1, -0.05) is 127 Å². The van der Waals surface area contributed by atoms with Gasteiger partial charge in [0, 0.05) is 28.2 Å². The first kappa shape index (κ1) is 22.7. The van der Waals surface area contributed by atoms with Gasteiger partial charge in [-0.2, -0.15) is 0 Å². The van der Waals surface area contributed by atoms with Gasteiger partial charge in [0.15, 0.2) is 0 Å². The van der Waals surface area contributed by atoms with Crippen LogP contribution in [0.15, 0.2) is 146 Å². The Balaban J connectivity index is 1.65. The minimum Gasteiger partial charge on any atom is -0.309 e. The highest BCUT2D eigenvalue weighted by Gasteiger charge is 2.48. The van der Waals surface area contributed by atoms with Crippen LogP contribution in [-0.4, -0.2) is 10.8 Å². The van der Waals surface area contributed by atoms with Crippen LogP contribution in [0.25, 0.3) is 38.6 Å². The molecule has 1 heterocycles. The molecule has 188 valence electrons. The molecular weight excluding hydrogens is 484 g/mol. The van der Waals surface area contributed by atoms with Crippen molar-refractivity contribution < 1.29 is 0 Å². The highest BCUT2D eigenvalue weighted by molar-refractivity contribution is 6.14. The number of nitrogens with zero attached hydrogens (tertiary/aromatic N) is 1. The van der Waals surface area contributed by atoms with E-state index in [0.717, 1.165) is 11.3 Å². The Morgan fingerprint density at radius 1 is 0.550 bits per heavy atom. The summed E-state index contributed by atoms with van der Waals surface area (Å²) >= 11 is 0. The zero-order valence-electron chi connectivity index (χ0n) is 21.9. The zero-order valence-corrected chi connectivity index (χ0v) is 21.9. The minimum atomic E-state index is -0.501. The van der Waals surface area contributed by atoms with Crippen LogP contribution in [0, 0.1) is 5.41 Å². The molecule has 2 nitrogen and oxygen atoms in total. The summed E-state index contributed by atoms with van der Waals surface area (Å²) in [7, 11) is 0. The topological polar surface area (TPSA) is 28.8 Å². The zero-order chi connectivity index (χ0) is 26.7. The summed E-state index contributed by atoms with van der Waals surface area (Å²) in [6, 6.07) is 52.5. The molecule has 0 bridgehead atoms. The maximum Gasteiger partial charge on any atom is 0.0734 e. The molecule has 0 aliphatic heterocycles. The summed E-state index contributed by atoms with van der Waals surface area (Å²) in [5.74, 6) is 0. The number of benzene rings is 6. The van der Waals surface area contributed by atoms with E-state index in [1.54, 1.807) is 0 Å². The Morgan fingerprint density at radius 3 is 1.98 bits per heavy atom. The van der Waals surface area contributed by atoms with Crippen LogP contribution in [-0.2, 0) is 5.41 Å². The second-order valence-electron chi connectivity index (χ2n) is 10.5. The third kappa shape index (κ3) is 2.96. The molecule has 1 aliphatic rings. The number of rotatable bonds is 4. The number of nitrogens with one attached hydrogen (secondary N) is 1. The van der Waals surface area contributed by atoms with Gasteiger partial charge in [-0.15, -0.1) is 0 Å². The minimum absolute atomic E-state index is 0.501. The molecule has 1 N–H and O–H groups in total. The van der Waals surface area contributed by atoms with Crippen molar-refractivity contribution in [2.45, 2.75) is 5.41 Å². The standard InChI is InChI=1S/C38H26N2/c39-25-26-12-11-17-29(24-26)40-35-21-10-8-19-31(35)33-23-22-32-30-18-7-9-20-34(30)38(36(32)37(33)40,27-13-3-1-4-14-27)28-15-5-2-6-16-28/h1-25,39H.